The van der Waals surface area contributed by atoms with E-state index in [9.17, 15) is 0 Å². The first-order valence-corrected chi connectivity index (χ1v) is 11.8. The molecule has 0 bridgehead atoms. The van der Waals surface area contributed by atoms with Gasteiger partial charge in [-0.25, -0.2) is 0 Å². The van der Waals surface area contributed by atoms with E-state index in [0.29, 0.717) is 5.92 Å². The molecule has 2 aromatic heterocycles. The Labute approximate surface area is 198 Å². The van der Waals surface area contributed by atoms with Crippen molar-refractivity contribution in [3.05, 3.63) is 131 Å². The second kappa shape index (κ2) is 11.5. The molecule has 0 spiro atoms. The first-order valence-electron chi connectivity index (χ1n) is 11.8. The van der Waals surface area contributed by atoms with Crippen molar-refractivity contribution in [2.24, 2.45) is 0 Å². The molecule has 4 aromatic rings. The van der Waals surface area contributed by atoms with E-state index >= 15 is 0 Å². The van der Waals surface area contributed by atoms with Crippen molar-refractivity contribution in [2.75, 3.05) is 19.6 Å². The van der Waals surface area contributed by atoms with E-state index in [0.717, 1.165) is 55.3 Å². The average molecular weight is 436 g/mol. The molecule has 0 amide bonds. The van der Waals surface area contributed by atoms with Gasteiger partial charge < -0.3 is 4.90 Å². The third-order valence-electron chi connectivity index (χ3n) is 6.10. The van der Waals surface area contributed by atoms with Crippen molar-refractivity contribution in [3.8, 4) is 0 Å². The minimum Gasteiger partial charge on any atom is -0.302 e. The molecule has 0 atom stereocenters. The van der Waals surface area contributed by atoms with Crippen molar-refractivity contribution < 1.29 is 0 Å². The summed E-state index contributed by atoms with van der Waals surface area (Å²) in [6, 6.07) is 34.4. The molecule has 0 aliphatic rings. The predicted molar refractivity (Wildman–Crippen MR) is 137 cm³/mol. The molecule has 0 saturated heterocycles. The van der Waals surface area contributed by atoms with Crippen molar-refractivity contribution in [2.45, 2.75) is 32.6 Å². The molecule has 0 aliphatic carbocycles. The van der Waals surface area contributed by atoms with Crippen LogP contribution in [0.25, 0.3) is 0 Å². The van der Waals surface area contributed by atoms with E-state index in [4.69, 9.17) is 9.97 Å². The molecule has 0 radical (unpaired) electrons. The fourth-order valence-electron chi connectivity index (χ4n) is 4.35. The van der Waals surface area contributed by atoms with Crippen molar-refractivity contribution in [3.63, 3.8) is 0 Å². The number of rotatable bonds is 10. The highest BCUT2D eigenvalue weighted by Crippen LogP contribution is 2.26. The van der Waals surface area contributed by atoms with Crippen molar-refractivity contribution in [1.29, 1.82) is 0 Å². The number of nitrogens with zero attached hydrogens (tertiary/aromatic N) is 3. The maximum Gasteiger partial charge on any atom is 0.0419 e. The average Bonchev–Trinajstić information content (AvgIpc) is 2.85. The van der Waals surface area contributed by atoms with Crippen LogP contribution in [-0.4, -0.2) is 34.5 Å². The Kier molecular flexibility index (Phi) is 7.99. The number of benzene rings is 2. The van der Waals surface area contributed by atoms with E-state index in [1.165, 1.54) is 11.1 Å². The second-order valence-corrected chi connectivity index (χ2v) is 8.72. The number of aryl methyl sites for hydroxylation is 2. The zero-order chi connectivity index (χ0) is 22.9. The molecule has 0 saturated carbocycles. The van der Waals surface area contributed by atoms with Gasteiger partial charge in [0.15, 0.2) is 0 Å². The summed E-state index contributed by atoms with van der Waals surface area (Å²) in [7, 11) is 0. The summed E-state index contributed by atoms with van der Waals surface area (Å²) < 4.78 is 0. The highest BCUT2D eigenvalue weighted by Gasteiger charge is 2.18. The van der Waals surface area contributed by atoms with Gasteiger partial charge in [-0.15, -0.1) is 0 Å². The van der Waals surface area contributed by atoms with Crippen LogP contribution in [0.1, 0.15) is 39.8 Å². The number of pyridine rings is 2. The molecule has 2 heterocycles. The molecule has 33 heavy (non-hydrogen) atoms. The summed E-state index contributed by atoms with van der Waals surface area (Å²) in [5.41, 5.74) is 7.19. The van der Waals surface area contributed by atoms with Crippen LogP contribution in [0.4, 0.5) is 0 Å². The zero-order valence-corrected chi connectivity index (χ0v) is 19.7. The smallest absolute Gasteiger partial charge is 0.0419 e. The third kappa shape index (κ3) is 6.84. The summed E-state index contributed by atoms with van der Waals surface area (Å²) in [6.45, 7) is 7.03. The van der Waals surface area contributed by atoms with Gasteiger partial charge in [-0.05, 0) is 49.2 Å². The van der Waals surface area contributed by atoms with Crippen LogP contribution in [-0.2, 0) is 12.8 Å². The third-order valence-corrected chi connectivity index (χ3v) is 6.10. The number of aromatic nitrogens is 2. The summed E-state index contributed by atoms with van der Waals surface area (Å²) in [6.07, 6.45) is 1.89. The van der Waals surface area contributed by atoms with Gasteiger partial charge in [0.25, 0.3) is 0 Å². The van der Waals surface area contributed by atoms with Crippen LogP contribution in [0.5, 0.6) is 0 Å². The molecular formula is C30H33N3. The fraction of sp³-hybridized carbons (Fsp3) is 0.267. The summed E-state index contributed by atoms with van der Waals surface area (Å²) in [4.78, 5) is 12.0. The van der Waals surface area contributed by atoms with Gasteiger partial charge in [0.05, 0.1) is 0 Å². The van der Waals surface area contributed by atoms with Crippen LogP contribution in [0, 0.1) is 13.8 Å². The minimum atomic E-state index is 0.323. The Morgan fingerprint density at radius 2 is 1.03 bits per heavy atom. The van der Waals surface area contributed by atoms with Gasteiger partial charge in [0.2, 0.25) is 0 Å². The Balaban J connectivity index is 1.55. The van der Waals surface area contributed by atoms with E-state index in [-0.39, 0.29) is 0 Å². The van der Waals surface area contributed by atoms with Crippen molar-refractivity contribution in [1.82, 2.24) is 14.9 Å². The molecule has 168 valence electrons. The van der Waals surface area contributed by atoms with Gasteiger partial charge in [-0.2, -0.15) is 0 Å². The molecule has 0 fully saturated rings. The largest absolute Gasteiger partial charge is 0.302 e. The van der Waals surface area contributed by atoms with Crippen LogP contribution < -0.4 is 0 Å². The van der Waals surface area contributed by atoms with Crippen LogP contribution in [0.2, 0.25) is 0 Å². The molecule has 0 unspecified atom stereocenters. The quantitative estimate of drug-likeness (QED) is 0.305. The van der Waals surface area contributed by atoms with E-state index < -0.39 is 0 Å². The zero-order valence-electron chi connectivity index (χ0n) is 19.7. The lowest BCUT2D eigenvalue weighted by atomic mass is 9.90. The topological polar surface area (TPSA) is 29.0 Å². The molecule has 0 aliphatic heterocycles. The van der Waals surface area contributed by atoms with Crippen LogP contribution >= 0.6 is 0 Å². The maximum atomic E-state index is 4.73. The second-order valence-electron chi connectivity index (χ2n) is 8.72. The first-order chi connectivity index (χ1) is 16.2. The van der Waals surface area contributed by atoms with Gasteiger partial charge in [-0.3, -0.25) is 9.97 Å². The summed E-state index contributed by atoms with van der Waals surface area (Å²) in [5, 5.41) is 0. The molecule has 4 rings (SSSR count). The van der Waals surface area contributed by atoms with Crippen LogP contribution in [0.3, 0.4) is 0 Å². The maximum absolute atomic E-state index is 4.73. The minimum absolute atomic E-state index is 0.323. The first kappa shape index (κ1) is 22.9. The van der Waals surface area contributed by atoms with Crippen LogP contribution in [0.15, 0.2) is 97.1 Å². The van der Waals surface area contributed by atoms with Crippen molar-refractivity contribution >= 4 is 0 Å². The lowest BCUT2D eigenvalue weighted by Crippen LogP contribution is -2.33. The molecule has 0 N–H and O–H groups in total. The normalized spacial score (nSPS) is 11.3. The summed E-state index contributed by atoms with van der Waals surface area (Å²) >= 11 is 0. The standard InChI is InChI=1S/C30H33N3/c1-24-11-9-17-28(31-24)19-21-33(22-20-29-18-10-12-25(2)32-29)23-30(26-13-5-3-6-14-26)27-15-7-4-8-16-27/h3-18,30H,19-23H2,1-2H3. The highest BCUT2D eigenvalue weighted by molar-refractivity contribution is 5.33. The monoisotopic (exact) mass is 435 g/mol. The lowest BCUT2D eigenvalue weighted by Gasteiger charge is -2.28. The molecule has 3 nitrogen and oxygen atoms in total. The predicted octanol–water partition coefficient (Wildman–Crippen LogP) is 6.01. The Hall–Kier alpha value is -3.30. The number of hydrogen-bond acceptors (Lipinski definition) is 3. The van der Waals surface area contributed by atoms with Gasteiger partial charge in [0.1, 0.15) is 0 Å². The summed E-state index contributed by atoms with van der Waals surface area (Å²) in [5.74, 6) is 0.323. The Morgan fingerprint density at radius 1 is 0.576 bits per heavy atom. The molecule has 3 heteroatoms. The van der Waals surface area contributed by atoms with Gasteiger partial charge in [-0.1, -0.05) is 72.8 Å². The molecule has 2 aromatic carbocycles. The fourth-order valence-corrected chi connectivity index (χ4v) is 4.35. The van der Waals surface area contributed by atoms with Gasteiger partial charge in [0, 0.05) is 61.2 Å². The van der Waals surface area contributed by atoms with E-state index in [2.05, 4.69) is 116 Å². The Bertz CT molecular complexity index is 1040. The number of hydrogen-bond donors (Lipinski definition) is 0. The SMILES string of the molecule is Cc1cccc(CCN(CCc2cccc(C)n2)CC(c2ccccc2)c2ccccc2)n1. The Morgan fingerprint density at radius 3 is 1.45 bits per heavy atom. The highest BCUT2D eigenvalue weighted by atomic mass is 15.1. The van der Waals surface area contributed by atoms with E-state index in [1.54, 1.807) is 0 Å². The lowest BCUT2D eigenvalue weighted by molar-refractivity contribution is 0.270. The van der Waals surface area contributed by atoms with E-state index in [1.807, 2.05) is 0 Å². The van der Waals surface area contributed by atoms with Gasteiger partial charge >= 0.3 is 0 Å². The molecular weight excluding hydrogens is 402 g/mol.